The molecule has 1 aromatic carbocycles. The van der Waals surface area contributed by atoms with E-state index in [9.17, 15) is 4.79 Å². The molecule has 2 bridgehead atoms. The summed E-state index contributed by atoms with van der Waals surface area (Å²) in [5.74, 6) is 0.702. The predicted molar refractivity (Wildman–Crippen MR) is 102 cm³/mol. The summed E-state index contributed by atoms with van der Waals surface area (Å²) < 4.78 is 0. The van der Waals surface area contributed by atoms with E-state index < -0.39 is 0 Å². The van der Waals surface area contributed by atoms with Gasteiger partial charge in [-0.25, -0.2) is 9.97 Å². The van der Waals surface area contributed by atoms with E-state index in [0.29, 0.717) is 17.2 Å². The number of thioether (sulfide) groups is 1. The fraction of sp³-hybridized carbons (Fsp3) is 0.550. The number of hydrogen-bond donors (Lipinski definition) is 0. The third-order valence-electron chi connectivity index (χ3n) is 5.57. The zero-order valence-corrected chi connectivity index (χ0v) is 16.0. The normalized spacial score (nSPS) is 27.6. The van der Waals surface area contributed by atoms with Crippen LogP contribution < -0.4 is 0 Å². The van der Waals surface area contributed by atoms with E-state index in [-0.39, 0.29) is 11.3 Å². The van der Waals surface area contributed by atoms with Gasteiger partial charge >= 0.3 is 0 Å². The lowest BCUT2D eigenvalue weighted by molar-refractivity contribution is -0.129. The molecule has 1 aromatic heterocycles. The van der Waals surface area contributed by atoms with Crippen molar-refractivity contribution < 1.29 is 4.79 Å². The van der Waals surface area contributed by atoms with E-state index in [2.05, 4.69) is 35.6 Å². The highest BCUT2D eigenvalue weighted by atomic mass is 32.2. The number of carbonyl (C=O) groups is 1. The van der Waals surface area contributed by atoms with Gasteiger partial charge in [-0.1, -0.05) is 50.7 Å². The van der Waals surface area contributed by atoms with Gasteiger partial charge in [0.15, 0.2) is 0 Å². The van der Waals surface area contributed by atoms with Crippen LogP contribution in [-0.2, 0) is 4.79 Å². The van der Waals surface area contributed by atoms with Crippen LogP contribution in [0, 0.1) is 10.8 Å². The quantitative estimate of drug-likeness (QED) is 0.613. The molecule has 2 heterocycles. The van der Waals surface area contributed by atoms with Crippen LogP contribution in [0.2, 0.25) is 0 Å². The Balaban J connectivity index is 1.48. The maximum atomic E-state index is 12.9. The van der Waals surface area contributed by atoms with Crippen LogP contribution in [0.1, 0.15) is 40.0 Å². The average molecular weight is 356 g/mol. The number of carbonyl (C=O) groups excluding carboxylic acids is 1. The molecule has 0 spiro atoms. The molecule has 0 unspecified atom stereocenters. The Bertz CT molecular complexity index is 816. The zero-order chi connectivity index (χ0) is 17.7. The summed E-state index contributed by atoms with van der Waals surface area (Å²) in [5.41, 5.74) is 1.55. The smallest absolute Gasteiger partial charge is 0.233 e. The Hall–Kier alpha value is -1.62. The molecule has 1 amide bonds. The summed E-state index contributed by atoms with van der Waals surface area (Å²) in [6.07, 6.45) is 5.07. The van der Waals surface area contributed by atoms with Crippen molar-refractivity contribution in [3.63, 3.8) is 0 Å². The van der Waals surface area contributed by atoms with Crippen LogP contribution in [0.3, 0.4) is 0 Å². The summed E-state index contributed by atoms with van der Waals surface area (Å²) in [5, 5.41) is 1.92. The van der Waals surface area contributed by atoms with Gasteiger partial charge in [-0.15, -0.1) is 0 Å². The SMILES string of the molecule is CC1(C)C[C@@H]2C[C@@](C)(CN2C(=O)CSc2ncnc3ccccc23)C1. The van der Waals surface area contributed by atoms with Crippen LogP contribution in [0.5, 0.6) is 0 Å². The average Bonchev–Trinajstić information content (AvgIpc) is 2.81. The summed E-state index contributed by atoms with van der Waals surface area (Å²) >= 11 is 1.54. The van der Waals surface area contributed by atoms with Crippen molar-refractivity contribution in [2.24, 2.45) is 10.8 Å². The minimum absolute atomic E-state index is 0.249. The molecule has 1 aliphatic carbocycles. The lowest BCUT2D eigenvalue weighted by Crippen LogP contribution is -2.38. The number of benzene rings is 1. The van der Waals surface area contributed by atoms with Gasteiger partial charge in [-0.05, 0) is 36.2 Å². The van der Waals surface area contributed by atoms with Gasteiger partial charge in [0.25, 0.3) is 0 Å². The topological polar surface area (TPSA) is 46.1 Å². The molecule has 0 N–H and O–H groups in total. The fourth-order valence-electron chi connectivity index (χ4n) is 5.06. The number of fused-ring (bicyclic) bond motifs is 3. The molecular formula is C20H25N3OS. The number of likely N-dealkylation sites (tertiary alicyclic amines) is 1. The second-order valence-corrected chi connectivity index (χ2v) is 9.68. The minimum Gasteiger partial charge on any atom is -0.338 e. The first-order chi connectivity index (χ1) is 11.9. The molecule has 4 nitrogen and oxygen atoms in total. The molecule has 2 aromatic rings. The van der Waals surface area contributed by atoms with Crippen molar-refractivity contribution in [2.75, 3.05) is 12.3 Å². The van der Waals surface area contributed by atoms with Gasteiger partial charge in [-0.3, -0.25) is 4.79 Å². The Labute approximate surface area is 153 Å². The highest BCUT2D eigenvalue weighted by Gasteiger charge is 2.50. The predicted octanol–water partition coefficient (Wildman–Crippen LogP) is 4.15. The molecule has 2 fully saturated rings. The van der Waals surface area contributed by atoms with Gasteiger partial charge in [-0.2, -0.15) is 0 Å². The molecule has 1 saturated carbocycles. The van der Waals surface area contributed by atoms with Gasteiger partial charge in [0, 0.05) is 18.0 Å². The summed E-state index contributed by atoms with van der Waals surface area (Å²) in [6.45, 7) is 7.94. The number of rotatable bonds is 3. The van der Waals surface area contributed by atoms with Crippen LogP contribution >= 0.6 is 11.8 Å². The monoisotopic (exact) mass is 355 g/mol. The first-order valence-electron chi connectivity index (χ1n) is 8.97. The molecule has 0 radical (unpaired) electrons. The van der Waals surface area contributed by atoms with Crippen LogP contribution in [0.4, 0.5) is 0 Å². The van der Waals surface area contributed by atoms with Crippen molar-refractivity contribution >= 4 is 28.6 Å². The van der Waals surface area contributed by atoms with E-state index in [1.54, 1.807) is 6.33 Å². The lowest BCUT2D eigenvalue weighted by Gasteiger charge is -2.39. The maximum absolute atomic E-state index is 12.9. The second-order valence-electron chi connectivity index (χ2n) is 8.72. The number of nitrogens with zero attached hydrogens (tertiary/aromatic N) is 3. The van der Waals surface area contributed by atoms with Gasteiger partial charge in [0.05, 0.1) is 11.3 Å². The van der Waals surface area contributed by atoms with Gasteiger partial charge in [0.2, 0.25) is 5.91 Å². The van der Waals surface area contributed by atoms with Gasteiger partial charge in [0.1, 0.15) is 11.4 Å². The Morgan fingerprint density at radius 3 is 2.88 bits per heavy atom. The molecule has 25 heavy (non-hydrogen) atoms. The maximum Gasteiger partial charge on any atom is 0.233 e. The van der Waals surface area contributed by atoms with Crippen molar-refractivity contribution in [3.8, 4) is 0 Å². The molecule has 2 aliphatic rings. The van der Waals surface area contributed by atoms with E-state index in [4.69, 9.17) is 0 Å². The lowest BCUT2D eigenvalue weighted by atomic mass is 9.65. The van der Waals surface area contributed by atoms with Gasteiger partial charge < -0.3 is 4.90 Å². The molecular weight excluding hydrogens is 330 g/mol. The number of amides is 1. The first-order valence-corrected chi connectivity index (χ1v) is 9.96. The zero-order valence-electron chi connectivity index (χ0n) is 15.2. The highest BCUT2D eigenvalue weighted by molar-refractivity contribution is 8.00. The molecule has 1 aliphatic heterocycles. The van der Waals surface area contributed by atoms with E-state index in [1.807, 2.05) is 24.3 Å². The van der Waals surface area contributed by atoms with Crippen molar-refractivity contribution in [1.82, 2.24) is 14.9 Å². The highest BCUT2D eigenvalue weighted by Crippen LogP contribution is 2.52. The Morgan fingerprint density at radius 2 is 2.04 bits per heavy atom. The third kappa shape index (κ3) is 3.26. The fourth-order valence-corrected chi connectivity index (χ4v) is 5.94. The van der Waals surface area contributed by atoms with Crippen LogP contribution in [-0.4, -0.2) is 39.1 Å². The third-order valence-corrected chi connectivity index (χ3v) is 6.56. The van der Waals surface area contributed by atoms with Crippen LogP contribution in [0.25, 0.3) is 10.9 Å². The minimum atomic E-state index is 0.249. The first kappa shape index (κ1) is 16.8. The van der Waals surface area contributed by atoms with E-state index in [1.165, 1.54) is 18.2 Å². The number of hydrogen-bond acceptors (Lipinski definition) is 4. The summed E-state index contributed by atoms with van der Waals surface area (Å²) in [7, 11) is 0. The molecule has 1 saturated heterocycles. The van der Waals surface area contributed by atoms with E-state index >= 15 is 0 Å². The summed E-state index contributed by atoms with van der Waals surface area (Å²) in [6, 6.07) is 8.37. The van der Waals surface area contributed by atoms with Crippen molar-refractivity contribution in [1.29, 1.82) is 0 Å². The number of aromatic nitrogens is 2. The molecule has 4 rings (SSSR count). The van der Waals surface area contributed by atoms with Crippen LogP contribution in [0.15, 0.2) is 35.6 Å². The Kier molecular flexibility index (Phi) is 4.02. The molecule has 2 atom stereocenters. The summed E-state index contributed by atoms with van der Waals surface area (Å²) in [4.78, 5) is 23.7. The Morgan fingerprint density at radius 1 is 1.24 bits per heavy atom. The van der Waals surface area contributed by atoms with Crippen molar-refractivity contribution in [3.05, 3.63) is 30.6 Å². The molecule has 132 valence electrons. The van der Waals surface area contributed by atoms with Crippen molar-refractivity contribution in [2.45, 2.75) is 51.1 Å². The largest absolute Gasteiger partial charge is 0.338 e. The standard InChI is InChI=1S/C20H25N3OS/c1-19(2)8-14-9-20(3,11-19)12-23(14)17(24)10-25-18-15-6-4-5-7-16(15)21-13-22-18/h4-7,13-14H,8-12H2,1-3H3/t14-,20-/m1/s1. The second kappa shape index (κ2) is 5.97. The van der Waals surface area contributed by atoms with E-state index in [0.717, 1.165) is 35.3 Å². The number of para-hydroxylation sites is 1. The molecule has 5 heteroatoms.